The second kappa shape index (κ2) is 6.49. The summed E-state index contributed by atoms with van der Waals surface area (Å²) in [5.41, 5.74) is -0.922. The highest BCUT2D eigenvalue weighted by Gasteiger charge is 2.49. The topological polar surface area (TPSA) is 124 Å². The number of nitrogens with zero attached hydrogens (tertiary/aromatic N) is 3. The van der Waals surface area contributed by atoms with E-state index >= 15 is 0 Å². The van der Waals surface area contributed by atoms with E-state index in [4.69, 9.17) is 5.11 Å². The average molecular weight is 323 g/mol. The molecule has 1 aromatic rings. The largest absolute Gasteiger partial charge is 0.481 e. The van der Waals surface area contributed by atoms with Crippen molar-refractivity contribution in [1.82, 2.24) is 9.97 Å². The lowest BCUT2D eigenvalue weighted by Crippen LogP contribution is -2.56. The van der Waals surface area contributed by atoms with Gasteiger partial charge in [-0.15, -0.1) is 0 Å². The number of aromatic carboxylic acids is 1. The molecule has 0 amide bonds. The van der Waals surface area contributed by atoms with E-state index in [-0.39, 0.29) is 24.6 Å². The molecule has 0 saturated carbocycles. The quantitative estimate of drug-likeness (QED) is 0.731. The number of rotatable bonds is 5. The number of carboxylic acids is 2. The van der Waals surface area contributed by atoms with E-state index in [9.17, 15) is 19.8 Å². The van der Waals surface area contributed by atoms with Crippen molar-refractivity contribution in [1.29, 1.82) is 0 Å². The molecule has 1 saturated heterocycles. The van der Waals surface area contributed by atoms with Gasteiger partial charge in [0.2, 0.25) is 5.95 Å². The van der Waals surface area contributed by atoms with Crippen LogP contribution in [-0.2, 0) is 4.79 Å². The average Bonchev–Trinajstić information content (AvgIpc) is 2.48. The van der Waals surface area contributed by atoms with Gasteiger partial charge in [-0.25, -0.2) is 14.8 Å². The van der Waals surface area contributed by atoms with E-state index in [0.29, 0.717) is 25.1 Å². The maximum atomic E-state index is 11.8. The van der Waals surface area contributed by atoms with Gasteiger partial charge in [0.25, 0.3) is 0 Å². The van der Waals surface area contributed by atoms with Crippen molar-refractivity contribution < 1.29 is 24.9 Å². The highest BCUT2D eigenvalue weighted by Crippen LogP contribution is 2.36. The Kier molecular flexibility index (Phi) is 4.84. The van der Waals surface area contributed by atoms with Crippen LogP contribution < -0.4 is 4.90 Å². The number of hydrogen-bond donors (Lipinski definition) is 3. The minimum atomic E-state index is -1.29. The molecule has 0 aliphatic carbocycles. The Morgan fingerprint density at radius 3 is 2.65 bits per heavy atom. The standard InChI is InChI=1S/C15H21N3O5/c1-3-5-15(13(22)23)8-18(6-4-11(15)19)14-16-9(2)7-10(17-14)12(20)21/h7,11,19H,3-6,8H2,1-2H3,(H,20,21)(H,22,23)/t11-,15-/m0/s1. The van der Waals surface area contributed by atoms with E-state index in [2.05, 4.69) is 9.97 Å². The second-order valence-electron chi connectivity index (χ2n) is 5.94. The Hall–Kier alpha value is -2.22. The van der Waals surface area contributed by atoms with Gasteiger partial charge in [-0.1, -0.05) is 13.3 Å². The molecule has 3 N–H and O–H groups in total. The summed E-state index contributed by atoms with van der Waals surface area (Å²) in [6.45, 7) is 3.96. The van der Waals surface area contributed by atoms with Gasteiger partial charge < -0.3 is 20.2 Å². The van der Waals surface area contributed by atoms with Crippen LogP contribution in [0.3, 0.4) is 0 Å². The van der Waals surface area contributed by atoms with Crippen molar-refractivity contribution in [2.24, 2.45) is 5.41 Å². The highest BCUT2D eigenvalue weighted by molar-refractivity contribution is 5.85. The Morgan fingerprint density at radius 2 is 2.09 bits per heavy atom. The first-order valence-corrected chi connectivity index (χ1v) is 7.55. The molecular weight excluding hydrogens is 302 g/mol. The number of anilines is 1. The van der Waals surface area contributed by atoms with Gasteiger partial charge in [-0.2, -0.15) is 0 Å². The summed E-state index contributed by atoms with van der Waals surface area (Å²) >= 11 is 0. The van der Waals surface area contributed by atoms with Crippen LogP contribution in [0.15, 0.2) is 6.07 Å². The number of aliphatic carboxylic acids is 1. The third-order valence-electron chi connectivity index (χ3n) is 4.25. The van der Waals surface area contributed by atoms with Crippen LogP contribution in [0.5, 0.6) is 0 Å². The molecule has 2 rings (SSSR count). The monoisotopic (exact) mass is 323 g/mol. The van der Waals surface area contributed by atoms with Crippen LogP contribution >= 0.6 is 0 Å². The Bertz CT molecular complexity index is 621. The summed E-state index contributed by atoms with van der Waals surface area (Å²) < 4.78 is 0. The zero-order valence-corrected chi connectivity index (χ0v) is 13.2. The summed E-state index contributed by atoms with van der Waals surface area (Å²) in [6, 6.07) is 1.36. The van der Waals surface area contributed by atoms with E-state index in [1.54, 1.807) is 11.8 Å². The minimum absolute atomic E-state index is 0.0554. The predicted octanol–water partition coefficient (Wildman–Crippen LogP) is 0.925. The number of hydrogen-bond acceptors (Lipinski definition) is 6. The maximum absolute atomic E-state index is 11.8. The normalized spacial score (nSPS) is 24.5. The molecule has 8 heteroatoms. The number of aromatic nitrogens is 2. The molecule has 0 spiro atoms. The van der Waals surface area contributed by atoms with Crippen molar-refractivity contribution in [2.75, 3.05) is 18.0 Å². The minimum Gasteiger partial charge on any atom is -0.481 e. The Labute approximate surface area is 133 Å². The van der Waals surface area contributed by atoms with Crippen molar-refractivity contribution in [3.05, 3.63) is 17.5 Å². The molecule has 1 fully saturated rings. The van der Waals surface area contributed by atoms with Crippen LogP contribution in [0.2, 0.25) is 0 Å². The summed E-state index contributed by atoms with van der Waals surface area (Å²) in [7, 11) is 0. The molecule has 1 aromatic heterocycles. The van der Waals surface area contributed by atoms with Gasteiger partial charge in [0.15, 0.2) is 5.69 Å². The number of carboxylic acid groups (broad SMARTS) is 2. The Morgan fingerprint density at radius 1 is 1.39 bits per heavy atom. The van der Waals surface area contributed by atoms with Gasteiger partial charge in [-0.05, 0) is 25.8 Å². The van der Waals surface area contributed by atoms with Crippen LogP contribution in [0.1, 0.15) is 42.4 Å². The summed E-state index contributed by atoms with van der Waals surface area (Å²) in [4.78, 5) is 32.8. The summed E-state index contributed by atoms with van der Waals surface area (Å²) in [5, 5.41) is 29.0. The number of aliphatic hydroxyl groups excluding tert-OH is 1. The smallest absolute Gasteiger partial charge is 0.354 e. The van der Waals surface area contributed by atoms with Gasteiger partial charge >= 0.3 is 11.9 Å². The molecule has 2 heterocycles. The molecular formula is C15H21N3O5. The predicted molar refractivity (Wildman–Crippen MR) is 81.5 cm³/mol. The molecule has 0 unspecified atom stereocenters. The zero-order valence-electron chi connectivity index (χ0n) is 13.2. The lowest BCUT2D eigenvalue weighted by molar-refractivity contribution is -0.158. The maximum Gasteiger partial charge on any atom is 0.354 e. The Balaban J connectivity index is 2.38. The van der Waals surface area contributed by atoms with Crippen molar-refractivity contribution in [3.63, 3.8) is 0 Å². The molecule has 1 aliphatic rings. The van der Waals surface area contributed by atoms with Gasteiger partial charge in [-0.3, -0.25) is 4.79 Å². The fourth-order valence-corrected chi connectivity index (χ4v) is 3.06. The molecule has 126 valence electrons. The van der Waals surface area contributed by atoms with E-state index < -0.39 is 23.5 Å². The zero-order chi connectivity index (χ0) is 17.2. The third-order valence-corrected chi connectivity index (χ3v) is 4.25. The fourth-order valence-electron chi connectivity index (χ4n) is 3.06. The molecule has 1 aliphatic heterocycles. The third kappa shape index (κ3) is 3.26. The molecule has 8 nitrogen and oxygen atoms in total. The van der Waals surface area contributed by atoms with Crippen molar-refractivity contribution >= 4 is 17.9 Å². The first-order chi connectivity index (χ1) is 10.8. The van der Waals surface area contributed by atoms with Crippen molar-refractivity contribution in [3.8, 4) is 0 Å². The van der Waals surface area contributed by atoms with Gasteiger partial charge in [0.05, 0.1) is 6.10 Å². The van der Waals surface area contributed by atoms with Gasteiger partial charge in [0.1, 0.15) is 5.41 Å². The number of aliphatic hydroxyl groups is 1. The van der Waals surface area contributed by atoms with Crippen LogP contribution in [-0.4, -0.2) is 56.4 Å². The van der Waals surface area contributed by atoms with Crippen molar-refractivity contribution in [2.45, 2.75) is 39.2 Å². The van der Waals surface area contributed by atoms with E-state index in [1.165, 1.54) is 6.07 Å². The molecule has 0 aromatic carbocycles. The van der Waals surface area contributed by atoms with Crippen LogP contribution in [0.4, 0.5) is 5.95 Å². The lowest BCUT2D eigenvalue weighted by Gasteiger charge is -2.43. The second-order valence-corrected chi connectivity index (χ2v) is 5.94. The lowest BCUT2D eigenvalue weighted by atomic mass is 9.74. The molecule has 2 atom stereocenters. The molecule has 23 heavy (non-hydrogen) atoms. The number of carbonyl (C=O) groups is 2. The number of aryl methyl sites for hydroxylation is 1. The highest BCUT2D eigenvalue weighted by atomic mass is 16.4. The first-order valence-electron chi connectivity index (χ1n) is 7.55. The fraction of sp³-hybridized carbons (Fsp3) is 0.600. The number of piperidine rings is 1. The van der Waals surface area contributed by atoms with Crippen LogP contribution in [0, 0.1) is 12.3 Å². The van der Waals surface area contributed by atoms with Crippen LogP contribution in [0.25, 0.3) is 0 Å². The summed E-state index contributed by atoms with van der Waals surface area (Å²) in [5.74, 6) is -2.02. The molecule has 0 bridgehead atoms. The SMILES string of the molecule is CCC[C@]1(C(=O)O)CN(c2nc(C)cc(C(=O)O)n2)CC[C@@H]1O. The first kappa shape index (κ1) is 17.1. The molecule has 0 radical (unpaired) electrons. The van der Waals surface area contributed by atoms with E-state index in [0.717, 1.165) is 0 Å². The van der Waals surface area contributed by atoms with E-state index in [1.807, 2.05) is 6.92 Å². The summed E-state index contributed by atoms with van der Waals surface area (Å²) in [6.07, 6.45) is 0.274. The van der Waals surface area contributed by atoms with Gasteiger partial charge in [0, 0.05) is 18.8 Å².